The van der Waals surface area contributed by atoms with E-state index in [1.54, 1.807) is 6.07 Å². The Morgan fingerprint density at radius 2 is 2.08 bits per heavy atom. The smallest absolute Gasteiger partial charge is 0.420 e. The number of hydrogen-bond acceptors (Lipinski definition) is 5. The highest BCUT2D eigenvalue weighted by molar-refractivity contribution is 6.30. The van der Waals surface area contributed by atoms with Crippen molar-refractivity contribution in [1.29, 1.82) is 5.26 Å². The lowest BCUT2D eigenvalue weighted by molar-refractivity contribution is -0.142. The summed E-state index contributed by atoms with van der Waals surface area (Å²) >= 11 is 5.74. The van der Waals surface area contributed by atoms with E-state index in [-0.39, 0.29) is 35.3 Å². The number of ether oxygens (including phenoxy) is 2. The van der Waals surface area contributed by atoms with E-state index in [4.69, 9.17) is 26.7 Å². The molecule has 0 aliphatic carbocycles. The minimum absolute atomic E-state index is 0.0203. The summed E-state index contributed by atoms with van der Waals surface area (Å²) in [6.45, 7) is 1.20. The maximum Gasteiger partial charge on any atom is 0.420 e. The van der Waals surface area contributed by atoms with Gasteiger partial charge in [0.15, 0.2) is 0 Å². The second-order valence-corrected chi connectivity index (χ2v) is 4.60. The lowest BCUT2D eigenvalue weighted by atomic mass is 10.2. The van der Waals surface area contributed by atoms with Gasteiger partial charge >= 0.3 is 12.1 Å². The molecule has 0 radical (unpaired) electrons. The molecule has 0 saturated heterocycles. The second-order valence-electron chi connectivity index (χ2n) is 4.17. The molecule has 0 amide bonds. The van der Waals surface area contributed by atoms with Crippen molar-refractivity contribution in [3.05, 3.63) is 52.5 Å². The van der Waals surface area contributed by atoms with E-state index >= 15 is 0 Å². The molecule has 0 aliphatic rings. The van der Waals surface area contributed by atoms with Gasteiger partial charge in [0.25, 0.3) is 0 Å². The zero-order valence-corrected chi connectivity index (χ0v) is 13.0. The molecule has 0 bridgehead atoms. The molecular weight excluding hydrogens is 351 g/mol. The molecule has 0 heterocycles. The predicted molar refractivity (Wildman–Crippen MR) is 78.3 cm³/mol. The van der Waals surface area contributed by atoms with Crippen molar-refractivity contribution in [2.24, 2.45) is 0 Å². The standard InChI is InChI=1S/C15H11ClF3NO4/c1-2-23-14(22)13(12(3-4-21)15(17,18)19)24-11-6-9(8-20)5-10(16)7-11/h3-7,21H,2H2,1H3/b4-3+,13-12+. The number of alkyl halides is 3. The van der Waals surface area contributed by atoms with Gasteiger partial charge in [0.1, 0.15) is 11.3 Å². The molecule has 0 saturated carbocycles. The summed E-state index contributed by atoms with van der Waals surface area (Å²) in [5.41, 5.74) is -1.53. The maximum absolute atomic E-state index is 13.1. The zero-order chi connectivity index (χ0) is 18.3. The lowest BCUT2D eigenvalue weighted by Crippen LogP contribution is -2.22. The average molecular weight is 362 g/mol. The maximum atomic E-state index is 13.1. The summed E-state index contributed by atoms with van der Waals surface area (Å²) in [6, 6.07) is 5.23. The number of esters is 1. The van der Waals surface area contributed by atoms with Gasteiger partial charge in [0.2, 0.25) is 5.76 Å². The number of halogens is 4. The Balaban J connectivity index is 3.47. The molecule has 0 fully saturated rings. The van der Waals surface area contributed by atoms with Crippen LogP contribution >= 0.6 is 11.6 Å². The summed E-state index contributed by atoms with van der Waals surface area (Å²) in [7, 11) is 0. The van der Waals surface area contributed by atoms with E-state index in [2.05, 4.69) is 4.74 Å². The number of carbonyl (C=O) groups is 1. The molecule has 0 aromatic heterocycles. The van der Waals surface area contributed by atoms with Crippen molar-refractivity contribution >= 4 is 17.6 Å². The fraction of sp³-hybridized carbons (Fsp3) is 0.200. The van der Waals surface area contributed by atoms with Gasteiger partial charge < -0.3 is 14.6 Å². The molecule has 0 unspecified atom stereocenters. The first-order chi connectivity index (χ1) is 11.2. The Bertz CT molecular complexity index is 720. The van der Waals surface area contributed by atoms with Crippen LogP contribution in [0.2, 0.25) is 5.02 Å². The van der Waals surface area contributed by atoms with Gasteiger partial charge in [-0.15, -0.1) is 0 Å². The number of hydrogen-bond donors (Lipinski definition) is 1. The van der Waals surface area contributed by atoms with Crippen molar-refractivity contribution in [1.82, 2.24) is 0 Å². The van der Waals surface area contributed by atoms with Crippen molar-refractivity contribution in [2.75, 3.05) is 6.61 Å². The third kappa shape index (κ3) is 5.21. The highest BCUT2D eigenvalue weighted by Crippen LogP contribution is 2.32. The number of benzene rings is 1. The molecule has 0 aliphatic heterocycles. The van der Waals surface area contributed by atoms with E-state index in [1.165, 1.54) is 13.0 Å². The summed E-state index contributed by atoms with van der Waals surface area (Å²) in [5.74, 6) is -2.85. The number of aliphatic hydroxyl groups is 1. The molecule has 1 N–H and O–H groups in total. The molecule has 1 rings (SSSR count). The molecule has 1 aromatic carbocycles. The van der Waals surface area contributed by atoms with Crippen LogP contribution in [0.3, 0.4) is 0 Å². The first kappa shape index (κ1) is 19.4. The minimum atomic E-state index is -5.00. The normalized spacial score (nSPS) is 12.5. The van der Waals surface area contributed by atoms with Gasteiger partial charge in [0, 0.05) is 5.02 Å². The van der Waals surface area contributed by atoms with Crippen LogP contribution in [0.5, 0.6) is 5.75 Å². The number of nitriles is 1. The van der Waals surface area contributed by atoms with E-state index in [9.17, 15) is 18.0 Å². The molecular formula is C15H11ClF3NO4. The fourth-order valence-electron chi connectivity index (χ4n) is 1.58. The van der Waals surface area contributed by atoms with Crippen LogP contribution < -0.4 is 4.74 Å². The van der Waals surface area contributed by atoms with Crippen molar-refractivity contribution < 1.29 is 32.5 Å². The Kier molecular flexibility index (Phi) is 6.68. The summed E-state index contributed by atoms with van der Waals surface area (Å²) in [4.78, 5) is 11.8. The van der Waals surface area contributed by atoms with Crippen LogP contribution in [0, 0.1) is 11.3 Å². The van der Waals surface area contributed by atoms with E-state index < -0.39 is 23.5 Å². The Labute approximate surface area is 140 Å². The summed E-state index contributed by atoms with van der Waals surface area (Å²) in [6.07, 6.45) is -4.63. The summed E-state index contributed by atoms with van der Waals surface area (Å²) in [5, 5.41) is 17.5. The van der Waals surface area contributed by atoms with Crippen molar-refractivity contribution in [3.63, 3.8) is 0 Å². The highest BCUT2D eigenvalue weighted by Gasteiger charge is 2.39. The fourth-order valence-corrected chi connectivity index (χ4v) is 1.81. The predicted octanol–water partition coefficient (Wildman–Crippen LogP) is 4.04. The van der Waals surface area contributed by atoms with Crippen LogP contribution in [0.25, 0.3) is 0 Å². The van der Waals surface area contributed by atoms with Gasteiger partial charge in [-0.3, -0.25) is 0 Å². The Morgan fingerprint density at radius 3 is 2.58 bits per heavy atom. The topological polar surface area (TPSA) is 79.5 Å². The zero-order valence-electron chi connectivity index (χ0n) is 12.2. The van der Waals surface area contributed by atoms with Crippen molar-refractivity contribution in [3.8, 4) is 11.8 Å². The Morgan fingerprint density at radius 1 is 1.42 bits per heavy atom. The molecule has 0 atom stereocenters. The van der Waals surface area contributed by atoms with Crippen LogP contribution in [0.4, 0.5) is 13.2 Å². The third-order valence-electron chi connectivity index (χ3n) is 2.47. The molecule has 128 valence electrons. The number of aliphatic hydroxyl groups excluding tert-OH is 1. The molecule has 5 nitrogen and oxygen atoms in total. The van der Waals surface area contributed by atoms with Crippen LogP contribution in [0.1, 0.15) is 12.5 Å². The average Bonchev–Trinajstić information content (AvgIpc) is 2.49. The third-order valence-corrected chi connectivity index (χ3v) is 2.69. The molecule has 1 aromatic rings. The monoisotopic (exact) mass is 361 g/mol. The van der Waals surface area contributed by atoms with E-state index in [0.717, 1.165) is 12.1 Å². The number of rotatable bonds is 5. The largest absolute Gasteiger partial charge is 0.516 e. The lowest BCUT2D eigenvalue weighted by Gasteiger charge is -2.15. The van der Waals surface area contributed by atoms with Crippen molar-refractivity contribution in [2.45, 2.75) is 13.1 Å². The second kappa shape index (κ2) is 8.26. The van der Waals surface area contributed by atoms with Gasteiger partial charge in [-0.05, 0) is 31.2 Å². The van der Waals surface area contributed by atoms with Crippen LogP contribution in [-0.2, 0) is 9.53 Å². The van der Waals surface area contributed by atoms with E-state index in [1.807, 2.05) is 0 Å². The van der Waals surface area contributed by atoms with Gasteiger partial charge in [-0.2, -0.15) is 18.4 Å². The van der Waals surface area contributed by atoms with Crippen LogP contribution in [0.15, 0.2) is 41.9 Å². The van der Waals surface area contributed by atoms with E-state index in [0.29, 0.717) is 0 Å². The molecule has 24 heavy (non-hydrogen) atoms. The number of carbonyl (C=O) groups excluding carboxylic acids is 1. The van der Waals surface area contributed by atoms with Gasteiger partial charge in [-0.25, -0.2) is 4.79 Å². The molecule has 9 heteroatoms. The Hall–Kier alpha value is -2.66. The number of nitrogens with zero attached hydrogens (tertiary/aromatic N) is 1. The first-order valence-electron chi connectivity index (χ1n) is 6.40. The quantitative estimate of drug-likeness (QED) is 0.370. The minimum Gasteiger partial charge on any atom is -0.516 e. The summed E-state index contributed by atoms with van der Waals surface area (Å²) < 4.78 is 48.8. The van der Waals surface area contributed by atoms with Gasteiger partial charge in [0.05, 0.1) is 24.5 Å². The molecule has 0 spiro atoms. The van der Waals surface area contributed by atoms with Crippen LogP contribution in [-0.4, -0.2) is 23.9 Å². The highest BCUT2D eigenvalue weighted by atomic mass is 35.5. The number of allylic oxidation sites excluding steroid dienone is 2. The van der Waals surface area contributed by atoms with Gasteiger partial charge in [-0.1, -0.05) is 11.6 Å². The SMILES string of the molecule is CCOC(=O)/C(Oc1cc(Cl)cc(C#N)c1)=C(/C=C/O)C(F)(F)F. The first-order valence-corrected chi connectivity index (χ1v) is 6.78.